The van der Waals surface area contributed by atoms with Gasteiger partial charge in [0.15, 0.2) is 0 Å². The van der Waals surface area contributed by atoms with E-state index in [-0.39, 0.29) is 11.3 Å². The molecule has 0 amide bonds. The first kappa shape index (κ1) is 13.9. The third-order valence-electron chi connectivity index (χ3n) is 4.25. The quantitative estimate of drug-likeness (QED) is 0.643. The minimum atomic E-state index is -1.12. The van der Waals surface area contributed by atoms with Crippen LogP contribution in [0.5, 0.6) is 0 Å². The highest BCUT2D eigenvalue weighted by Crippen LogP contribution is 2.41. The van der Waals surface area contributed by atoms with Gasteiger partial charge in [-0.1, -0.05) is 0 Å². The van der Waals surface area contributed by atoms with Crippen LogP contribution in [-0.2, 0) is 0 Å². The number of anilines is 1. The van der Waals surface area contributed by atoms with E-state index in [0.29, 0.717) is 17.5 Å². The maximum absolute atomic E-state index is 11.2. The number of rotatable bonds is 6. The second-order valence-electron chi connectivity index (χ2n) is 6.03. The fraction of sp³-hybridized carbons (Fsp3) is 0.533. The molecule has 0 aromatic heterocycles. The van der Waals surface area contributed by atoms with E-state index in [2.05, 4.69) is 4.90 Å². The molecular formula is C15H18N2O4. The summed E-state index contributed by atoms with van der Waals surface area (Å²) in [6.07, 6.45) is 4.56. The van der Waals surface area contributed by atoms with E-state index in [4.69, 9.17) is 0 Å². The van der Waals surface area contributed by atoms with Gasteiger partial charge in [-0.25, -0.2) is 4.79 Å². The van der Waals surface area contributed by atoms with Crippen LogP contribution in [-0.4, -0.2) is 28.6 Å². The summed E-state index contributed by atoms with van der Waals surface area (Å²) in [6, 6.07) is 3.15. The summed E-state index contributed by atoms with van der Waals surface area (Å²) in [5.41, 5.74) is 1.17. The van der Waals surface area contributed by atoms with Gasteiger partial charge in [0.2, 0.25) is 0 Å². The Labute approximate surface area is 122 Å². The zero-order valence-electron chi connectivity index (χ0n) is 11.9. The maximum atomic E-state index is 11.2. The summed E-state index contributed by atoms with van der Waals surface area (Å²) in [7, 11) is 0. The van der Waals surface area contributed by atoms with Crippen molar-refractivity contribution in [2.24, 2.45) is 5.92 Å². The molecule has 1 N–H and O–H groups in total. The Morgan fingerprint density at radius 3 is 2.52 bits per heavy atom. The SMILES string of the molecule is Cc1c(N(CC2CC2)C2CC2)cc(C(=O)O)cc1[N+](=O)[O-]. The number of carboxylic acids is 1. The lowest BCUT2D eigenvalue weighted by Crippen LogP contribution is -2.29. The molecule has 1 aromatic rings. The zero-order chi connectivity index (χ0) is 15.1. The van der Waals surface area contributed by atoms with Crippen LogP contribution in [0.4, 0.5) is 11.4 Å². The normalized spacial score (nSPS) is 17.6. The minimum Gasteiger partial charge on any atom is -0.478 e. The lowest BCUT2D eigenvalue weighted by molar-refractivity contribution is -0.385. The van der Waals surface area contributed by atoms with Crippen LogP contribution in [0.15, 0.2) is 12.1 Å². The van der Waals surface area contributed by atoms with Crippen LogP contribution in [0.1, 0.15) is 41.6 Å². The van der Waals surface area contributed by atoms with E-state index in [0.717, 1.165) is 31.1 Å². The van der Waals surface area contributed by atoms with Gasteiger partial charge < -0.3 is 10.0 Å². The van der Waals surface area contributed by atoms with Crippen molar-refractivity contribution in [3.05, 3.63) is 33.4 Å². The minimum absolute atomic E-state index is 0.0104. The van der Waals surface area contributed by atoms with Crippen LogP contribution in [0, 0.1) is 23.0 Å². The number of nitro benzene ring substituents is 1. The number of aromatic carboxylic acids is 1. The van der Waals surface area contributed by atoms with E-state index in [1.165, 1.54) is 12.8 Å². The number of hydrogen-bond acceptors (Lipinski definition) is 4. The molecule has 6 heteroatoms. The Balaban J connectivity index is 2.05. The Kier molecular flexibility index (Phi) is 3.31. The van der Waals surface area contributed by atoms with Gasteiger partial charge in [-0.3, -0.25) is 10.1 Å². The van der Waals surface area contributed by atoms with Crippen molar-refractivity contribution in [2.45, 2.75) is 38.6 Å². The fourth-order valence-corrected chi connectivity index (χ4v) is 2.70. The summed E-state index contributed by atoms with van der Waals surface area (Å²) < 4.78 is 0. The average Bonchev–Trinajstić information content (AvgIpc) is 3.28. The van der Waals surface area contributed by atoms with Crippen molar-refractivity contribution in [1.29, 1.82) is 0 Å². The molecule has 2 fully saturated rings. The molecule has 0 aliphatic heterocycles. The van der Waals surface area contributed by atoms with E-state index in [9.17, 15) is 20.0 Å². The average molecular weight is 290 g/mol. The molecule has 2 aliphatic rings. The molecule has 2 aliphatic carbocycles. The summed E-state index contributed by atoms with van der Waals surface area (Å²) in [4.78, 5) is 24.1. The molecule has 3 rings (SSSR count). The van der Waals surface area contributed by atoms with Crippen LogP contribution in [0.25, 0.3) is 0 Å². The van der Waals surface area contributed by atoms with Gasteiger partial charge >= 0.3 is 5.97 Å². The van der Waals surface area contributed by atoms with Crippen LogP contribution in [0.2, 0.25) is 0 Å². The second kappa shape index (κ2) is 5.02. The number of carboxylic acid groups (broad SMARTS) is 1. The fourth-order valence-electron chi connectivity index (χ4n) is 2.70. The summed E-state index contributed by atoms with van der Waals surface area (Å²) in [5, 5.41) is 20.4. The largest absolute Gasteiger partial charge is 0.478 e. The summed E-state index contributed by atoms with van der Waals surface area (Å²) in [5.74, 6) is -0.473. The molecule has 112 valence electrons. The highest BCUT2D eigenvalue weighted by Gasteiger charge is 2.36. The van der Waals surface area contributed by atoms with Crippen LogP contribution in [0.3, 0.4) is 0 Å². The van der Waals surface area contributed by atoms with Crippen molar-refractivity contribution >= 4 is 17.3 Å². The van der Waals surface area contributed by atoms with Gasteiger partial charge in [-0.2, -0.15) is 0 Å². The monoisotopic (exact) mass is 290 g/mol. The summed E-state index contributed by atoms with van der Waals surface area (Å²) in [6.45, 7) is 2.59. The van der Waals surface area contributed by atoms with Gasteiger partial charge in [-0.15, -0.1) is 0 Å². The maximum Gasteiger partial charge on any atom is 0.336 e. The molecule has 1 aromatic carbocycles. The smallest absolute Gasteiger partial charge is 0.336 e. The first-order chi connectivity index (χ1) is 9.97. The Bertz CT molecular complexity index is 606. The Morgan fingerprint density at radius 2 is 2.05 bits per heavy atom. The summed E-state index contributed by atoms with van der Waals surface area (Å²) >= 11 is 0. The number of hydrogen-bond donors (Lipinski definition) is 1. The van der Waals surface area contributed by atoms with Gasteiger partial charge in [0.05, 0.1) is 16.1 Å². The third kappa shape index (κ3) is 2.84. The van der Waals surface area contributed by atoms with E-state index < -0.39 is 10.9 Å². The molecule has 0 spiro atoms. The van der Waals surface area contributed by atoms with Crippen molar-refractivity contribution < 1.29 is 14.8 Å². The van der Waals surface area contributed by atoms with Crippen molar-refractivity contribution in [3.63, 3.8) is 0 Å². The van der Waals surface area contributed by atoms with E-state index >= 15 is 0 Å². The second-order valence-corrected chi connectivity index (χ2v) is 6.03. The molecule has 0 unspecified atom stereocenters. The number of benzene rings is 1. The number of carbonyl (C=O) groups is 1. The first-order valence-electron chi connectivity index (χ1n) is 7.26. The van der Waals surface area contributed by atoms with E-state index in [1.54, 1.807) is 13.0 Å². The third-order valence-corrected chi connectivity index (χ3v) is 4.25. The lowest BCUT2D eigenvalue weighted by Gasteiger charge is -2.26. The molecule has 0 heterocycles. The number of nitrogens with zero attached hydrogens (tertiary/aromatic N) is 2. The topological polar surface area (TPSA) is 83.7 Å². The molecular weight excluding hydrogens is 272 g/mol. The molecule has 0 radical (unpaired) electrons. The van der Waals surface area contributed by atoms with Crippen molar-refractivity contribution in [1.82, 2.24) is 0 Å². The highest BCUT2D eigenvalue weighted by molar-refractivity contribution is 5.91. The molecule has 2 saturated carbocycles. The van der Waals surface area contributed by atoms with Crippen molar-refractivity contribution in [2.75, 3.05) is 11.4 Å². The van der Waals surface area contributed by atoms with Gasteiger partial charge in [0.25, 0.3) is 5.69 Å². The molecule has 21 heavy (non-hydrogen) atoms. The van der Waals surface area contributed by atoms with Crippen LogP contribution >= 0.6 is 0 Å². The van der Waals surface area contributed by atoms with Gasteiger partial charge in [0, 0.05) is 24.3 Å². The van der Waals surface area contributed by atoms with Crippen LogP contribution < -0.4 is 4.90 Å². The molecule has 0 saturated heterocycles. The lowest BCUT2D eigenvalue weighted by atomic mass is 10.1. The molecule has 0 bridgehead atoms. The Morgan fingerprint density at radius 1 is 1.38 bits per heavy atom. The van der Waals surface area contributed by atoms with E-state index in [1.807, 2.05) is 0 Å². The number of nitro groups is 1. The predicted molar refractivity (Wildman–Crippen MR) is 77.9 cm³/mol. The van der Waals surface area contributed by atoms with Crippen molar-refractivity contribution in [3.8, 4) is 0 Å². The molecule has 0 atom stereocenters. The highest BCUT2D eigenvalue weighted by atomic mass is 16.6. The van der Waals surface area contributed by atoms with Gasteiger partial charge in [0.1, 0.15) is 0 Å². The standard InChI is InChI=1S/C15H18N2O4/c1-9-13(16(12-4-5-12)8-10-2-3-10)6-11(15(18)19)7-14(9)17(20)21/h6-7,10,12H,2-5,8H2,1H3,(H,18,19). The zero-order valence-corrected chi connectivity index (χ0v) is 11.9. The first-order valence-corrected chi connectivity index (χ1v) is 7.26. The Hall–Kier alpha value is -2.11. The predicted octanol–water partition coefficient (Wildman–Crippen LogP) is 2.98. The van der Waals surface area contributed by atoms with Gasteiger partial charge in [-0.05, 0) is 44.6 Å². The molecule has 6 nitrogen and oxygen atoms in total.